The van der Waals surface area contributed by atoms with Gasteiger partial charge in [0.05, 0.1) is 12.3 Å². The molecule has 0 aliphatic rings. The summed E-state index contributed by atoms with van der Waals surface area (Å²) in [5.41, 5.74) is 0.229. The number of ether oxygens (including phenoxy) is 1. The second-order valence-electron chi connectivity index (χ2n) is 2.65. The Morgan fingerprint density at radius 1 is 1.60 bits per heavy atom. The van der Waals surface area contributed by atoms with Gasteiger partial charge in [-0.1, -0.05) is 11.6 Å². The highest BCUT2D eigenvalue weighted by Gasteiger charge is 2.22. The summed E-state index contributed by atoms with van der Waals surface area (Å²) < 4.78 is 4.71. The third kappa shape index (κ3) is 2.99. The van der Waals surface area contributed by atoms with Crippen LogP contribution < -0.4 is 0 Å². The van der Waals surface area contributed by atoms with Crippen molar-refractivity contribution < 1.29 is 14.3 Å². The Balaban J connectivity index is 2.87. The van der Waals surface area contributed by atoms with Crippen molar-refractivity contribution in [2.24, 2.45) is 0 Å². The van der Waals surface area contributed by atoms with E-state index in [2.05, 4.69) is 10.2 Å². The highest BCUT2D eigenvalue weighted by Crippen LogP contribution is 2.13. The van der Waals surface area contributed by atoms with Crippen LogP contribution in [0.5, 0.6) is 0 Å². The molecule has 0 N–H and O–H groups in total. The van der Waals surface area contributed by atoms with Crippen LogP contribution in [0.1, 0.15) is 18.5 Å². The third-order valence-corrected chi connectivity index (χ3v) is 1.85. The molecule has 0 aromatic carbocycles. The van der Waals surface area contributed by atoms with E-state index >= 15 is 0 Å². The van der Waals surface area contributed by atoms with Crippen LogP contribution in [0, 0.1) is 0 Å². The van der Waals surface area contributed by atoms with Crippen LogP contribution in [0.3, 0.4) is 0 Å². The molecular formula is C9H9ClN2O3. The lowest BCUT2D eigenvalue weighted by Gasteiger charge is -2.07. The number of esters is 1. The normalized spacial score (nSPS) is 11.9. The molecule has 0 saturated heterocycles. The first-order valence-electron chi connectivity index (χ1n) is 4.30. The molecule has 0 aliphatic heterocycles. The fraction of sp³-hybridized carbons (Fsp3) is 0.333. The van der Waals surface area contributed by atoms with Gasteiger partial charge in [-0.25, -0.2) is 0 Å². The van der Waals surface area contributed by atoms with Crippen LogP contribution in [-0.4, -0.2) is 29.1 Å². The van der Waals surface area contributed by atoms with Gasteiger partial charge in [-0.15, -0.1) is 5.10 Å². The van der Waals surface area contributed by atoms with Crippen LogP contribution in [0.25, 0.3) is 0 Å². The standard InChI is InChI=1S/C9H9ClN2O3/c1-2-15-9(14)6(5-13)7-3-4-8(10)12-11-7/h3-6H,2H2,1H3. The topological polar surface area (TPSA) is 69.2 Å². The highest BCUT2D eigenvalue weighted by molar-refractivity contribution is 6.29. The Hall–Kier alpha value is -1.49. The van der Waals surface area contributed by atoms with Crippen LogP contribution in [0.2, 0.25) is 5.15 Å². The largest absolute Gasteiger partial charge is 0.465 e. The van der Waals surface area contributed by atoms with Crippen molar-refractivity contribution in [1.82, 2.24) is 10.2 Å². The van der Waals surface area contributed by atoms with Crippen molar-refractivity contribution in [3.8, 4) is 0 Å². The molecule has 6 heteroatoms. The molecule has 5 nitrogen and oxygen atoms in total. The zero-order valence-electron chi connectivity index (χ0n) is 8.01. The predicted molar refractivity (Wildman–Crippen MR) is 52.5 cm³/mol. The maximum atomic E-state index is 11.3. The number of halogens is 1. The molecular weight excluding hydrogens is 220 g/mol. The zero-order valence-corrected chi connectivity index (χ0v) is 8.77. The van der Waals surface area contributed by atoms with Gasteiger partial charge >= 0.3 is 5.97 Å². The van der Waals surface area contributed by atoms with Gasteiger partial charge in [0.1, 0.15) is 6.29 Å². The zero-order chi connectivity index (χ0) is 11.3. The summed E-state index contributed by atoms with van der Waals surface area (Å²) in [5, 5.41) is 7.38. The van der Waals surface area contributed by atoms with E-state index in [1.165, 1.54) is 12.1 Å². The quantitative estimate of drug-likeness (QED) is 0.436. The predicted octanol–water partition coefficient (Wildman–Crippen LogP) is 0.976. The first-order valence-corrected chi connectivity index (χ1v) is 4.68. The highest BCUT2D eigenvalue weighted by atomic mass is 35.5. The van der Waals surface area contributed by atoms with Crippen LogP contribution >= 0.6 is 11.6 Å². The number of aromatic nitrogens is 2. The summed E-state index contributed by atoms with van der Waals surface area (Å²) in [5.74, 6) is -1.67. The molecule has 1 heterocycles. The van der Waals surface area contributed by atoms with E-state index in [0.29, 0.717) is 6.29 Å². The fourth-order valence-electron chi connectivity index (χ4n) is 0.970. The molecule has 1 aromatic heterocycles. The van der Waals surface area contributed by atoms with Gasteiger partial charge in [0.2, 0.25) is 0 Å². The first-order chi connectivity index (χ1) is 7.19. The summed E-state index contributed by atoms with van der Waals surface area (Å²) in [6.07, 6.45) is 0.468. The van der Waals surface area contributed by atoms with Crippen LogP contribution in [-0.2, 0) is 14.3 Å². The Bertz CT molecular complexity index is 353. The van der Waals surface area contributed by atoms with E-state index in [9.17, 15) is 9.59 Å². The lowest BCUT2D eigenvalue weighted by atomic mass is 10.1. The minimum absolute atomic E-state index is 0.201. The fourth-order valence-corrected chi connectivity index (χ4v) is 1.07. The van der Waals surface area contributed by atoms with Crippen LogP contribution in [0.15, 0.2) is 12.1 Å². The van der Waals surface area contributed by atoms with Crippen molar-refractivity contribution in [3.63, 3.8) is 0 Å². The number of carbonyl (C=O) groups is 2. The minimum atomic E-state index is -1.03. The number of hydrogen-bond acceptors (Lipinski definition) is 5. The smallest absolute Gasteiger partial charge is 0.322 e. The summed E-state index contributed by atoms with van der Waals surface area (Å²) in [4.78, 5) is 22.0. The van der Waals surface area contributed by atoms with Gasteiger partial charge in [-0.05, 0) is 19.1 Å². The molecule has 0 amide bonds. The molecule has 0 radical (unpaired) electrons. The van der Waals surface area contributed by atoms with E-state index in [1.54, 1.807) is 6.92 Å². The molecule has 1 rings (SSSR count). The Labute approximate surface area is 91.4 Å². The molecule has 0 aliphatic carbocycles. The molecule has 80 valence electrons. The summed E-state index contributed by atoms with van der Waals surface area (Å²) in [7, 11) is 0. The number of carbonyl (C=O) groups excluding carboxylic acids is 2. The van der Waals surface area contributed by atoms with Gasteiger partial charge in [0.15, 0.2) is 11.1 Å². The van der Waals surface area contributed by atoms with Crippen molar-refractivity contribution >= 4 is 23.9 Å². The molecule has 0 saturated carbocycles. The molecule has 15 heavy (non-hydrogen) atoms. The molecule has 1 aromatic rings. The third-order valence-electron chi connectivity index (χ3n) is 1.65. The monoisotopic (exact) mass is 228 g/mol. The first kappa shape index (κ1) is 11.6. The van der Waals surface area contributed by atoms with Gasteiger partial charge in [0, 0.05) is 0 Å². The molecule has 1 unspecified atom stereocenters. The van der Waals surface area contributed by atoms with E-state index < -0.39 is 11.9 Å². The Kier molecular flexibility index (Phi) is 4.17. The van der Waals surface area contributed by atoms with E-state index in [1.807, 2.05) is 0 Å². The molecule has 0 fully saturated rings. The van der Waals surface area contributed by atoms with Crippen molar-refractivity contribution in [1.29, 1.82) is 0 Å². The molecule has 0 bridgehead atoms. The second kappa shape index (κ2) is 5.41. The molecule has 1 atom stereocenters. The number of nitrogens with zero attached hydrogens (tertiary/aromatic N) is 2. The summed E-state index contributed by atoms with van der Waals surface area (Å²) >= 11 is 5.52. The van der Waals surface area contributed by atoms with Crippen molar-refractivity contribution in [3.05, 3.63) is 23.0 Å². The van der Waals surface area contributed by atoms with Gasteiger partial charge in [0.25, 0.3) is 0 Å². The Morgan fingerprint density at radius 3 is 2.80 bits per heavy atom. The van der Waals surface area contributed by atoms with Gasteiger partial charge in [-0.3, -0.25) is 4.79 Å². The van der Waals surface area contributed by atoms with Gasteiger partial charge in [-0.2, -0.15) is 5.10 Å². The van der Waals surface area contributed by atoms with E-state index in [0.717, 1.165) is 0 Å². The average Bonchev–Trinajstić information content (AvgIpc) is 2.22. The minimum Gasteiger partial charge on any atom is -0.465 e. The average molecular weight is 229 g/mol. The second-order valence-corrected chi connectivity index (χ2v) is 3.03. The van der Waals surface area contributed by atoms with Crippen molar-refractivity contribution in [2.45, 2.75) is 12.8 Å². The summed E-state index contributed by atoms with van der Waals surface area (Å²) in [6.45, 7) is 1.87. The number of rotatable bonds is 4. The lowest BCUT2D eigenvalue weighted by molar-refractivity contribution is -0.146. The maximum absolute atomic E-state index is 11.3. The maximum Gasteiger partial charge on any atom is 0.322 e. The SMILES string of the molecule is CCOC(=O)C(C=O)c1ccc(Cl)nn1. The lowest BCUT2D eigenvalue weighted by Crippen LogP contribution is -2.18. The van der Waals surface area contributed by atoms with Crippen LogP contribution in [0.4, 0.5) is 0 Å². The number of hydrogen-bond donors (Lipinski definition) is 0. The van der Waals surface area contributed by atoms with Gasteiger partial charge < -0.3 is 9.53 Å². The van der Waals surface area contributed by atoms with Crippen molar-refractivity contribution in [2.75, 3.05) is 6.61 Å². The van der Waals surface area contributed by atoms with E-state index in [-0.39, 0.29) is 17.5 Å². The number of aldehydes is 1. The molecule has 0 spiro atoms. The summed E-state index contributed by atoms with van der Waals surface area (Å²) in [6, 6.07) is 2.92. The van der Waals surface area contributed by atoms with E-state index in [4.69, 9.17) is 16.3 Å². The Morgan fingerprint density at radius 2 is 2.33 bits per heavy atom.